The molecule has 0 fully saturated rings. The molecule has 0 aromatic heterocycles. The monoisotopic (exact) mass is 363 g/mol. The van der Waals surface area contributed by atoms with Gasteiger partial charge in [0.25, 0.3) is 10.0 Å². The van der Waals surface area contributed by atoms with Crippen molar-refractivity contribution in [2.45, 2.75) is 48.8 Å². The van der Waals surface area contributed by atoms with Crippen LogP contribution in [0, 0.1) is 0 Å². The quantitative estimate of drug-likeness (QED) is 0.484. The molecule has 0 spiro atoms. The summed E-state index contributed by atoms with van der Waals surface area (Å²) in [5, 5.41) is 0. The van der Waals surface area contributed by atoms with E-state index in [-0.39, 0.29) is 0 Å². The summed E-state index contributed by atoms with van der Waals surface area (Å²) in [7, 11) is -3.54. The fourth-order valence-corrected chi connectivity index (χ4v) is 4.00. The Kier molecular flexibility index (Phi) is 7.18. The molecule has 0 radical (unpaired) electrons. The molecule has 130 valence electrons. The SMILES string of the molecule is CCCCCCc1ccc(S(=O)(=O)Nc2cccc(SC)c2)cc1. The average Bonchev–Trinajstić information content (AvgIpc) is 2.59. The van der Waals surface area contributed by atoms with Crippen molar-refractivity contribution in [3.05, 3.63) is 54.1 Å². The van der Waals surface area contributed by atoms with Gasteiger partial charge in [0.2, 0.25) is 0 Å². The zero-order valence-electron chi connectivity index (χ0n) is 14.3. The number of anilines is 1. The third-order valence-electron chi connectivity index (χ3n) is 3.87. The molecule has 0 aliphatic rings. The van der Waals surface area contributed by atoms with Gasteiger partial charge in [-0.1, -0.05) is 44.4 Å². The molecule has 1 N–H and O–H groups in total. The molecule has 0 bridgehead atoms. The van der Waals surface area contributed by atoms with E-state index in [9.17, 15) is 8.42 Å². The highest BCUT2D eigenvalue weighted by molar-refractivity contribution is 7.98. The maximum Gasteiger partial charge on any atom is 0.261 e. The number of hydrogen-bond donors (Lipinski definition) is 1. The van der Waals surface area contributed by atoms with Crippen molar-refractivity contribution in [2.75, 3.05) is 11.0 Å². The molecule has 5 heteroatoms. The normalized spacial score (nSPS) is 11.4. The smallest absolute Gasteiger partial charge is 0.261 e. The van der Waals surface area contributed by atoms with Gasteiger partial charge in [0.15, 0.2) is 0 Å². The van der Waals surface area contributed by atoms with Crippen molar-refractivity contribution in [3.63, 3.8) is 0 Å². The first-order chi connectivity index (χ1) is 11.5. The van der Waals surface area contributed by atoms with Crippen LogP contribution in [0.15, 0.2) is 58.3 Å². The van der Waals surface area contributed by atoms with Gasteiger partial charge in [0, 0.05) is 10.6 Å². The largest absolute Gasteiger partial charge is 0.280 e. The number of sulfonamides is 1. The predicted molar refractivity (Wildman–Crippen MR) is 103 cm³/mol. The Morgan fingerprint density at radius 1 is 1.00 bits per heavy atom. The molecular weight excluding hydrogens is 338 g/mol. The topological polar surface area (TPSA) is 46.2 Å². The molecule has 0 aliphatic carbocycles. The highest BCUT2D eigenvalue weighted by atomic mass is 32.2. The molecule has 2 aromatic rings. The summed E-state index contributed by atoms with van der Waals surface area (Å²) in [6.45, 7) is 2.20. The Morgan fingerprint density at radius 2 is 1.75 bits per heavy atom. The highest BCUT2D eigenvalue weighted by Crippen LogP contribution is 2.22. The van der Waals surface area contributed by atoms with Gasteiger partial charge in [0.05, 0.1) is 4.90 Å². The van der Waals surface area contributed by atoms with Gasteiger partial charge in [-0.3, -0.25) is 4.72 Å². The molecule has 0 aliphatic heterocycles. The van der Waals surface area contributed by atoms with Crippen LogP contribution in [0.3, 0.4) is 0 Å². The molecule has 24 heavy (non-hydrogen) atoms. The minimum atomic E-state index is -3.54. The molecule has 2 rings (SSSR count). The van der Waals surface area contributed by atoms with E-state index < -0.39 is 10.0 Å². The van der Waals surface area contributed by atoms with Crippen molar-refractivity contribution in [1.29, 1.82) is 0 Å². The second kappa shape index (κ2) is 9.14. The number of unbranched alkanes of at least 4 members (excludes halogenated alkanes) is 3. The van der Waals surface area contributed by atoms with Crippen LogP contribution in [0.4, 0.5) is 5.69 Å². The summed E-state index contributed by atoms with van der Waals surface area (Å²) < 4.78 is 27.6. The van der Waals surface area contributed by atoms with Gasteiger partial charge in [-0.15, -0.1) is 11.8 Å². The molecule has 0 saturated heterocycles. The Balaban J connectivity index is 2.03. The molecule has 0 heterocycles. The van der Waals surface area contributed by atoms with E-state index in [2.05, 4.69) is 11.6 Å². The average molecular weight is 364 g/mol. The molecule has 0 unspecified atom stereocenters. The van der Waals surface area contributed by atoms with Crippen LogP contribution in [-0.2, 0) is 16.4 Å². The van der Waals surface area contributed by atoms with Crippen LogP contribution in [-0.4, -0.2) is 14.7 Å². The maximum atomic E-state index is 12.5. The Labute approximate surface area is 149 Å². The predicted octanol–water partition coefficient (Wildman–Crippen LogP) is 5.33. The van der Waals surface area contributed by atoms with Crippen LogP contribution in [0.25, 0.3) is 0 Å². The Morgan fingerprint density at radius 3 is 2.42 bits per heavy atom. The van der Waals surface area contributed by atoms with Crippen molar-refractivity contribution >= 4 is 27.5 Å². The summed E-state index contributed by atoms with van der Waals surface area (Å²) in [6.07, 6.45) is 7.83. The van der Waals surface area contributed by atoms with Crippen molar-refractivity contribution < 1.29 is 8.42 Å². The summed E-state index contributed by atoms with van der Waals surface area (Å²) in [6, 6.07) is 14.6. The van der Waals surface area contributed by atoms with E-state index in [4.69, 9.17) is 0 Å². The first kappa shape index (κ1) is 18.9. The Hall–Kier alpha value is -1.46. The lowest BCUT2D eigenvalue weighted by Crippen LogP contribution is -2.12. The van der Waals surface area contributed by atoms with Crippen LogP contribution in [0.1, 0.15) is 38.2 Å². The third-order valence-corrected chi connectivity index (χ3v) is 6.00. The summed E-state index contributed by atoms with van der Waals surface area (Å²) >= 11 is 1.58. The lowest BCUT2D eigenvalue weighted by molar-refractivity contribution is 0.601. The standard InChI is InChI=1S/C19H25NO2S2/c1-3-4-5-6-8-16-11-13-19(14-12-16)24(21,22)20-17-9-7-10-18(15-17)23-2/h7,9-15,20H,3-6,8H2,1-2H3. The molecule has 0 saturated carbocycles. The van der Waals surface area contributed by atoms with Gasteiger partial charge in [-0.25, -0.2) is 8.42 Å². The van der Waals surface area contributed by atoms with Crippen molar-refractivity contribution in [3.8, 4) is 0 Å². The van der Waals surface area contributed by atoms with Crippen LogP contribution >= 0.6 is 11.8 Å². The lowest BCUT2D eigenvalue weighted by atomic mass is 10.1. The maximum absolute atomic E-state index is 12.5. The minimum Gasteiger partial charge on any atom is -0.280 e. The zero-order valence-corrected chi connectivity index (χ0v) is 15.9. The molecule has 0 amide bonds. The first-order valence-electron chi connectivity index (χ1n) is 8.31. The lowest BCUT2D eigenvalue weighted by Gasteiger charge is -2.10. The van der Waals surface area contributed by atoms with E-state index in [0.29, 0.717) is 10.6 Å². The van der Waals surface area contributed by atoms with Gasteiger partial charge in [0.1, 0.15) is 0 Å². The van der Waals surface area contributed by atoms with Crippen LogP contribution in [0.5, 0.6) is 0 Å². The number of benzene rings is 2. The number of rotatable bonds is 9. The van der Waals surface area contributed by atoms with E-state index in [1.54, 1.807) is 30.0 Å². The molecule has 2 aromatic carbocycles. The summed E-state index contributed by atoms with van der Waals surface area (Å²) in [5.41, 5.74) is 1.78. The van der Waals surface area contributed by atoms with Crippen LogP contribution < -0.4 is 4.72 Å². The first-order valence-corrected chi connectivity index (χ1v) is 11.0. The Bertz CT molecular complexity index is 740. The zero-order chi connectivity index (χ0) is 17.4. The summed E-state index contributed by atoms with van der Waals surface area (Å²) in [5.74, 6) is 0. The molecule has 3 nitrogen and oxygen atoms in total. The number of hydrogen-bond acceptors (Lipinski definition) is 3. The van der Waals surface area contributed by atoms with E-state index in [0.717, 1.165) is 17.7 Å². The van der Waals surface area contributed by atoms with Gasteiger partial charge < -0.3 is 0 Å². The molecular formula is C19H25NO2S2. The van der Waals surface area contributed by atoms with Crippen molar-refractivity contribution in [2.24, 2.45) is 0 Å². The summed E-state index contributed by atoms with van der Waals surface area (Å²) in [4.78, 5) is 1.33. The molecule has 0 atom stereocenters. The van der Waals surface area contributed by atoms with Gasteiger partial charge in [-0.2, -0.15) is 0 Å². The third kappa shape index (κ3) is 5.56. The van der Waals surface area contributed by atoms with Gasteiger partial charge in [-0.05, 0) is 55.0 Å². The second-order valence-electron chi connectivity index (χ2n) is 5.79. The number of thioether (sulfide) groups is 1. The van der Waals surface area contributed by atoms with Gasteiger partial charge >= 0.3 is 0 Å². The minimum absolute atomic E-state index is 0.300. The van der Waals surface area contributed by atoms with Crippen LogP contribution in [0.2, 0.25) is 0 Å². The van der Waals surface area contributed by atoms with Crippen molar-refractivity contribution in [1.82, 2.24) is 0 Å². The fourth-order valence-electron chi connectivity index (χ4n) is 2.49. The highest BCUT2D eigenvalue weighted by Gasteiger charge is 2.14. The van der Waals surface area contributed by atoms with E-state index in [1.165, 1.54) is 24.8 Å². The number of nitrogens with one attached hydrogen (secondary N) is 1. The van der Waals surface area contributed by atoms with E-state index >= 15 is 0 Å². The fraction of sp³-hybridized carbons (Fsp3) is 0.368. The number of aryl methyl sites for hydroxylation is 1. The van der Waals surface area contributed by atoms with E-state index in [1.807, 2.05) is 36.6 Å². The second-order valence-corrected chi connectivity index (χ2v) is 8.35.